The van der Waals surface area contributed by atoms with Crippen LogP contribution in [0.1, 0.15) is 24.8 Å². The van der Waals surface area contributed by atoms with Crippen LogP contribution in [-0.4, -0.2) is 33.0 Å². The van der Waals surface area contributed by atoms with Gasteiger partial charge in [0.05, 0.1) is 12.1 Å². The van der Waals surface area contributed by atoms with Crippen molar-refractivity contribution >= 4 is 11.8 Å². The third kappa shape index (κ3) is 3.10. The van der Waals surface area contributed by atoms with Gasteiger partial charge in [-0.2, -0.15) is 5.10 Å². The van der Waals surface area contributed by atoms with Gasteiger partial charge in [-0.3, -0.25) is 19.2 Å². The molecule has 2 rings (SSSR count). The average molecular weight is 261 g/mol. The van der Waals surface area contributed by atoms with Gasteiger partial charge in [0.2, 0.25) is 11.8 Å². The highest BCUT2D eigenvalue weighted by atomic mass is 16.2. The first-order valence-corrected chi connectivity index (χ1v) is 6.54. The summed E-state index contributed by atoms with van der Waals surface area (Å²) >= 11 is 0. The molecule has 19 heavy (non-hydrogen) atoms. The second kappa shape index (κ2) is 5.82. The Kier molecular flexibility index (Phi) is 4.14. The van der Waals surface area contributed by atoms with E-state index in [0.29, 0.717) is 19.4 Å². The summed E-state index contributed by atoms with van der Waals surface area (Å²) in [4.78, 5) is 25.4. The summed E-state index contributed by atoms with van der Waals surface area (Å²) in [5, 5.41) is 4.08. The standard InChI is InChI=1S/C14H19N3O2/c1-3-4-5-6-17-13(18)8-12(14(17)19)7-11-9-15-16(2)10-11/h3,9-10,12H,1,4-8H2,2H3/t12-/m1/s1. The highest BCUT2D eigenvalue weighted by molar-refractivity contribution is 6.03. The van der Waals surface area contributed by atoms with Crippen molar-refractivity contribution in [1.82, 2.24) is 14.7 Å². The molecule has 2 heterocycles. The molecule has 1 fully saturated rings. The monoisotopic (exact) mass is 261 g/mol. The third-order valence-electron chi connectivity index (χ3n) is 3.37. The molecule has 0 N–H and O–H groups in total. The number of aromatic nitrogens is 2. The number of amides is 2. The first-order chi connectivity index (χ1) is 9.11. The molecule has 5 nitrogen and oxygen atoms in total. The van der Waals surface area contributed by atoms with Crippen molar-refractivity contribution in [2.45, 2.75) is 25.7 Å². The Balaban J connectivity index is 1.95. The van der Waals surface area contributed by atoms with Crippen molar-refractivity contribution in [1.29, 1.82) is 0 Å². The minimum atomic E-state index is -0.222. The lowest BCUT2D eigenvalue weighted by atomic mass is 10.0. The fraction of sp³-hybridized carbons (Fsp3) is 0.500. The third-order valence-corrected chi connectivity index (χ3v) is 3.37. The number of hydrogen-bond acceptors (Lipinski definition) is 3. The van der Waals surface area contributed by atoms with Gasteiger partial charge >= 0.3 is 0 Å². The molecule has 0 bridgehead atoms. The fourth-order valence-corrected chi connectivity index (χ4v) is 2.40. The van der Waals surface area contributed by atoms with Crippen LogP contribution >= 0.6 is 0 Å². The Bertz CT molecular complexity index is 493. The molecule has 102 valence electrons. The van der Waals surface area contributed by atoms with Gasteiger partial charge in [0.25, 0.3) is 0 Å². The zero-order valence-electron chi connectivity index (χ0n) is 11.2. The molecule has 0 spiro atoms. The number of unbranched alkanes of at least 4 members (excludes halogenated alkanes) is 1. The Morgan fingerprint density at radius 3 is 2.95 bits per heavy atom. The van der Waals surface area contributed by atoms with Crippen LogP contribution in [0.5, 0.6) is 0 Å². The number of carbonyl (C=O) groups excluding carboxylic acids is 2. The molecule has 2 amide bonds. The molecule has 1 saturated heterocycles. The molecular weight excluding hydrogens is 242 g/mol. The van der Waals surface area contributed by atoms with Crippen LogP contribution in [0.4, 0.5) is 0 Å². The molecule has 0 radical (unpaired) electrons. The van der Waals surface area contributed by atoms with E-state index in [2.05, 4.69) is 11.7 Å². The second-order valence-corrected chi connectivity index (χ2v) is 4.94. The van der Waals surface area contributed by atoms with Gasteiger partial charge in [-0.25, -0.2) is 0 Å². The van der Waals surface area contributed by atoms with Gasteiger partial charge < -0.3 is 0 Å². The van der Waals surface area contributed by atoms with E-state index in [1.807, 2.05) is 13.2 Å². The molecule has 0 aliphatic carbocycles. The maximum Gasteiger partial charge on any atom is 0.233 e. The van der Waals surface area contributed by atoms with Gasteiger partial charge in [0, 0.05) is 26.2 Å². The van der Waals surface area contributed by atoms with Gasteiger partial charge in [0.15, 0.2) is 0 Å². The van der Waals surface area contributed by atoms with Crippen molar-refractivity contribution in [2.24, 2.45) is 13.0 Å². The van der Waals surface area contributed by atoms with Crippen molar-refractivity contribution in [2.75, 3.05) is 6.54 Å². The predicted octanol–water partition coefficient (Wildman–Crippen LogP) is 1.30. The summed E-state index contributed by atoms with van der Waals surface area (Å²) in [5.41, 5.74) is 1.00. The molecule has 0 aromatic carbocycles. The summed E-state index contributed by atoms with van der Waals surface area (Å²) in [6, 6.07) is 0. The molecule has 5 heteroatoms. The van der Waals surface area contributed by atoms with E-state index >= 15 is 0 Å². The quantitative estimate of drug-likeness (QED) is 0.440. The molecule has 1 aromatic heterocycles. The highest BCUT2D eigenvalue weighted by Crippen LogP contribution is 2.23. The van der Waals surface area contributed by atoms with E-state index in [4.69, 9.17) is 0 Å². The minimum Gasteiger partial charge on any atom is -0.282 e. The van der Waals surface area contributed by atoms with E-state index in [1.54, 1.807) is 17.0 Å². The first kappa shape index (κ1) is 13.5. The summed E-state index contributed by atoms with van der Waals surface area (Å²) in [7, 11) is 1.84. The molecule has 1 aliphatic heterocycles. The van der Waals surface area contributed by atoms with Crippen LogP contribution in [0.2, 0.25) is 0 Å². The van der Waals surface area contributed by atoms with Crippen LogP contribution in [0, 0.1) is 5.92 Å². The van der Waals surface area contributed by atoms with Crippen molar-refractivity contribution in [3.63, 3.8) is 0 Å². The van der Waals surface area contributed by atoms with Crippen LogP contribution in [0.3, 0.4) is 0 Å². The Morgan fingerprint density at radius 2 is 2.32 bits per heavy atom. The van der Waals surface area contributed by atoms with Gasteiger partial charge in [-0.1, -0.05) is 6.08 Å². The smallest absolute Gasteiger partial charge is 0.233 e. The summed E-state index contributed by atoms with van der Waals surface area (Å²) in [5.74, 6) is -0.318. The fourth-order valence-electron chi connectivity index (χ4n) is 2.40. The molecule has 1 aliphatic rings. The van der Waals surface area contributed by atoms with E-state index in [1.165, 1.54) is 4.90 Å². The number of imide groups is 1. The summed E-state index contributed by atoms with van der Waals surface area (Å²) in [6.07, 6.45) is 7.97. The summed E-state index contributed by atoms with van der Waals surface area (Å²) in [6.45, 7) is 4.15. The maximum absolute atomic E-state index is 12.2. The first-order valence-electron chi connectivity index (χ1n) is 6.54. The Morgan fingerprint density at radius 1 is 1.53 bits per heavy atom. The second-order valence-electron chi connectivity index (χ2n) is 4.94. The van der Waals surface area contributed by atoms with Crippen LogP contribution < -0.4 is 0 Å². The average Bonchev–Trinajstić information content (AvgIpc) is 2.88. The Labute approximate surface area is 112 Å². The molecular formula is C14H19N3O2. The number of aryl methyl sites for hydroxylation is 1. The number of likely N-dealkylation sites (tertiary alicyclic amines) is 1. The van der Waals surface area contributed by atoms with E-state index in [-0.39, 0.29) is 17.7 Å². The number of carbonyl (C=O) groups is 2. The molecule has 1 aromatic rings. The van der Waals surface area contributed by atoms with Crippen LogP contribution in [0.25, 0.3) is 0 Å². The number of rotatable bonds is 6. The van der Waals surface area contributed by atoms with E-state index in [0.717, 1.165) is 18.4 Å². The lowest BCUT2D eigenvalue weighted by Gasteiger charge is -2.14. The number of allylic oxidation sites excluding steroid dienone is 1. The topological polar surface area (TPSA) is 55.2 Å². The normalized spacial score (nSPS) is 19.2. The van der Waals surface area contributed by atoms with Crippen LogP contribution in [-0.2, 0) is 23.1 Å². The van der Waals surface area contributed by atoms with Crippen molar-refractivity contribution in [3.8, 4) is 0 Å². The lowest BCUT2D eigenvalue weighted by Crippen LogP contribution is -2.31. The predicted molar refractivity (Wildman–Crippen MR) is 71.2 cm³/mol. The molecule has 0 saturated carbocycles. The summed E-state index contributed by atoms with van der Waals surface area (Å²) < 4.78 is 1.71. The van der Waals surface area contributed by atoms with Gasteiger partial charge in [0.1, 0.15) is 0 Å². The van der Waals surface area contributed by atoms with E-state index < -0.39 is 0 Å². The van der Waals surface area contributed by atoms with Crippen molar-refractivity contribution in [3.05, 3.63) is 30.6 Å². The van der Waals surface area contributed by atoms with Gasteiger partial charge in [-0.15, -0.1) is 6.58 Å². The zero-order valence-corrected chi connectivity index (χ0v) is 11.2. The number of hydrogen-bond donors (Lipinski definition) is 0. The minimum absolute atomic E-state index is 0.0436. The van der Waals surface area contributed by atoms with Crippen molar-refractivity contribution < 1.29 is 9.59 Å². The van der Waals surface area contributed by atoms with E-state index in [9.17, 15) is 9.59 Å². The zero-order chi connectivity index (χ0) is 13.8. The number of nitrogens with zero attached hydrogens (tertiary/aromatic N) is 3. The molecule has 1 atom stereocenters. The van der Waals surface area contributed by atoms with Gasteiger partial charge in [-0.05, 0) is 24.8 Å². The molecule has 0 unspecified atom stereocenters. The largest absolute Gasteiger partial charge is 0.282 e. The highest BCUT2D eigenvalue weighted by Gasteiger charge is 2.37. The lowest BCUT2D eigenvalue weighted by molar-refractivity contribution is -0.139. The SMILES string of the molecule is C=CCCCN1C(=O)C[C@@H](Cc2cnn(C)c2)C1=O. The Hall–Kier alpha value is -1.91. The van der Waals surface area contributed by atoms with Crippen LogP contribution in [0.15, 0.2) is 25.0 Å². The maximum atomic E-state index is 12.2.